The third kappa shape index (κ3) is 6.01. The number of aliphatic imine (C=N–C) groups is 1. The summed E-state index contributed by atoms with van der Waals surface area (Å²) in [5, 5.41) is 2.05. The van der Waals surface area contributed by atoms with E-state index in [1.54, 1.807) is 23.5 Å². The highest BCUT2D eigenvalue weighted by molar-refractivity contribution is 8.38. The predicted molar refractivity (Wildman–Crippen MR) is 107 cm³/mol. The first-order valence-corrected chi connectivity index (χ1v) is 9.70. The van der Waals surface area contributed by atoms with Crippen LogP contribution in [0.2, 0.25) is 0 Å². The van der Waals surface area contributed by atoms with Crippen LogP contribution in [-0.2, 0) is 5.75 Å². The third-order valence-corrected chi connectivity index (χ3v) is 5.16. The van der Waals surface area contributed by atoms with Crippen molar-refractivity contribution in [2.45, 2.75) is 39.0 Å². The van der Waals surface area contributed by atoms with E-state index in [-0.39, 0.29) is 5.54 Å². The Morgan fingerprint density at radius 1 is 1.29 bits per heavy atom. The maximum atomic E-state index is 12.1. The summed E-state index contributed by atoms with van der Waals surface area (Å²) in [5.74, 6) is 12.2. The van der Waals surface area contributed by atoms with Gasteiger partial charge in [0.1, 0.15) is 4.38 Å². The Bertz CT molecular complexity index is 611. The summed E-state index contributed by atoms with van der Waals surface area (Å²) in [6.45, 7) is 8.21. The van der Waals surface area contributed by atoms with Gasteiger partial charge >= 0.3 is 6.03 Å². The molecular formula is C16H27N5OS2. The lowest BCUT2D eigenvalue weighted by molar-refractivity contribution is 0.216. The van der Waals surface area contributed by atoms with Gasteiger partial charge in [0.15, 0.2) is 0 Å². The van der Waals surface area contributed by atoms with Crippen molar-refractivity contribution >= 4 is 39.6 Å². The molecule has 0 aliphatic heterocycles. The smallest absolute Gasteiger partial charge is 0.266 e. The molecule has 1 aromatic carbocycles. The molecule has 8 heteroatoms. The number of urea groups is 1. The lowest BCUT2D eigenvalue weighted by atomic mass is 10.1. The zero-order valence-corrected chi connectivity index (χ0v) is 16.8. The highest BCUT2D eigenvalue weighted by Crippen LogP contribution is 2.30. The van der Waals surface area contributed by atoms with Gasteiger partial charge in [-0.15, -0.1) is 11.8 Å². The number of hydrogen-bond acceptors (Lipinski definition) is 6. The van der Waals surface area contributed by atoms with Gasteiger partial charge in [-0.2, -0.15) is 0 Å². The fourth-order valence-electron chi connectivity index (χ4n) is 1.92. The van der Waals surface area contributed by atoms with Crippen LogP contribution in [0.25, 0.3) is 0 Å². The van der Waals surface area contributed by atoms with Crippen LogP contribution < -0.4 is 16.7 Å². The second-order valence-corrected chi connectivity index (χ2v) is 8.39. The number of rotatable bonds is 3. The number of benzene rings is 1. The fourth-order valence-corrected chi connectivity index (χ4v) is 3.91. The lowest BCUT2D eigenvalue weighted by Crippen LogP contribution is -2.49. The number of anilines is 1. The van der Waals surface area contributed by atoms with Crippen molar-refractivity contribution < 1.29 is 4.79 Å². The Morgan fingerprint density at radius 3 is 2.42 bits per heavy atom. The molecule has 0 fully saturated rings. The number of hydrazine groups is 2. The Labute approximate surface area is 153 Å². The molecule has 6 nitrogen and oxygen atoms in total. The maximum absolute atomic E-state index is 12.1. The zero-order valence-electron chi connectivity index (χ0n) is 15.2. The van der Waals surface area contributed by atoms with Gasteiger partial charge in [0, 0.05) is 12.8 Å². The summed E-state index contributed by atoms with van der Waals surface area (Å²) in [6.07, 6.45) is 2.01. The molecule has 1 rings (SSSR count). The molecule has 24 heavy (non-hydrogen) atoms. The number of nitrogens with two attached hydrogens (primary N) is 2. The zero-order chi connectivity index (χ0) is 18.5. The quantitative estimate of drug-likeness (QED) is 0.280. The molecule has 0 aromatic heterocycles. The Balaban J connectivity index is 3.08. The minimum Gasteiger partial charge on any atom is -0.266 e. The minimum absolute atomic E-state index is 0.127. The average Bonchev–Trinajstić information content (AvgIpc) is 2.49. The molecule has 2 amide bonds. The standard InChI is InChI=1S/C16H27N5OS2/c1-11-8-7-9-13(21(18)15(22)20(5)17)12(11)10-24-14(23-6)19-16(2,3)4/h7-9H,10,17-18H2,1-6H3. The van der Waals surface area contributed by atoms with Gasteiger partial charge < -0.3 is 0 Å². The lowest BCUT2D eigenvalue weighted by Gasteiger charge is -2.24. The van der Waals surface area contributed by atoms with Crippen LogP contribution in [0.1, 0.15) is 31.9 Å². The SMILES string of the molecule is CSC(=NC(C)(C)C)SCc1c(C)cccc1N(N)C(=O)N(C)N. The normalized spacial score (nSPS) is 12.2. The Hall–Kier alpha value is -1.22. The molecule has 0 saturated heterocycles. The molecule has 134 valence electrons. The molecular weight excluding hydrogens is 342 g/mol. The number of nitrogens with zero attached hydrogens (tertiary/aromatic N) is 3. The second kappa shape index (κ2) is 8.75. The van der Waals surface area contributed by atoms with Crippen LogP contribution in [0, 0.1) is 6.92 Å². The van der Waals surface area contributed by atoms with Crippen LogP contribution in [-0.4, -0.2) is 34.3 Å². The molecule has 0 unspecified atom stereocenters. The first-order valence-electron chi connectivity index (χ1n) is 7.49. The molecule has 0 radical (unpaired) electrons. The topological polar surface area (TPSA) is 88.0 Å². The molecule has 4 N–H and O–H groups in total. The van der Waals surface area contributed by atoms with Crippen molar-refractivity contribution in [2.24, 2.45) is 16.7 Å². The van der Waals surface area contributed by atoms with Gasteiger partial charge in [-0.05, 0) is 51.1 Å². The maximum Gasteiger partial charge on any atom is 0.352 e. The van der Waals surface area contributed by atoms with Crippen LogP contribution in [0.15, 0.2) is 23.2 Å². The van der Waals surface area contributed by atoms with Crippen molar-refractivity contribution in [1.82, 2.24) is 5.01 Å². The number of carbonyl (C=O) groups is 1. The fraction of sp³-hybridized carbons (Fsp3) is 0.500. The summed E-state index contributed by atoms with van der Waals surface area (Å²) >= 11 is 3.26. The van der Waals surface area contributed by atoms with E-state index < -0.39 is 6.03 Å². The molecule has 0 atom stereocenters. The second-order valence-electron chi connectivity index (χ2n) is 6.38. The number of amides is 2. The summed E-state index contributed by atoms with van der Waals surface area (Å²) in [7, 11) is 1.47. The Kier molecular flexibility index (Phi) is 7.59. The molecule has 0 saturated carbocycles. The first-order chi connectivity index (χ1) is 11.1. The number of aryl methyl sites for hydroxylation is 1. The van der Waals surface area contributed by atoms with Crippen molar-refractivity contribution in [3.8, 4) is 0 Å². The van der Waals surface area contributed by atoms with E-state index in [2.05, 4.69) is 20.8 Å². The van der Waals surface area contributed by atoms with Gasteiger partial charge in [-0.25, -0.2) is 21.5 Å². The molecule has 1 aromatic rings. The van der Waals surface area contributed by atoms with Crippen molar-refractivity contribution in [3.63, 3.8) is 0 Å². The van der Waals surface area contributed by atoms with E-state index in [0.29, 0.717) is 11.4 Å². The van der Waals surface area contributed by atoms with E-state index in [0.717, 1.165) is 25.5 Å². The molecule has 0 aliphatic rings. The highest BCUT2D eigenvalue weighted by Gasteiger charge is 2.19. The third-order valence-electron chi connectivity index (χ3n) is 3.09. The van der Waals surface area contributed by atoms with Gasteiger partial charge in [0.2, 0.25) is 0 Å². The molecule has 0 heterocycles. The summed E-state index contributed by atoms with van der Waals surface area (Å²) in [5.41, 5.74) is 2.59. The predicted octanol–water partition coefficient (Wildman–Crippen LogP) is 3.35. The van der Waals surface area contributed by atoms with Crippen molar-refractivity contribution in [3.05, 3.63) is 29.3 Å². The highest BCUT2D eigenvalue weighted by atomic mass is 32.2. The summed E-state index contributed by atoms with van der Waals surface area (Å²) in [6, 6.07) is 5.23. The van der Waals surface area contributed by atoms with E-state index in [1.807, 2.05) is 31.4 Å². The van der Waals surface area contributed by atoms with Gasteiger partial charge in [-0.1, -0.05) is 23.9 Å². The van der Waals surface area contributed by atoms with E-state index in [4.69, 9.17) is 16.7 Å². The number of thioether (sulfide) groups is 2. The minimum atomic E-state index is -0.472. The van der Waals surface area contributed by atoms with Crippen LogP contribution in [0.3, 0.4) is 0 Å². The largest absolute Gasteiger partial charge is 0.352 e. The summed E-state index contributed by atoms with van der Waals surface area (Å²) < 4.78 is 1.00. The Morgan fingerprint density at radius 2 is 1.92 bits per heavy atom. The van der Waals surface area contributed by atoms with Crippen molar-refractivity contribution in [2.75, 3.05) is 18.3 Å². The van der Waals surface area contributed by atoms with E-state index in [1.165, 1.54) is 7.05 Å². The summed E-state index contributed by atoms with van der Waals surface area (Å²) in [4.78, 5) is 16.8. The van der Waals surface area contributed by atoms with Gasteiger partial charge in [0.25, 0.3) is 0 Å². The van der Waals surface area contributed by atoms with Crippen LogP contribution >= 0.6 is 23.5 Å². The van der Waals surface area contributed by atoms with E-state index >= 15 is 0 Å². The molecule has 0 aliphatic carbocycles. The van der Waals surface area contributed by atoms with E-state index in [9.17, 15) is 4.79 Å². The average molecular weight is 370 g/mol. The van der Waals surface area contributed by atoms with Gasteiger partial charge in [-0.3, -0.25) is 10.0 Å². The monoisotopic (exact) mass is 369 g/mol. The van der Waals surface area contributed by atoms with Gasteiger partial charge in [0.05, 0.1) is 11.2 Å². The molecule has 0 spiro atoms. The molecule has 0 bridgehead atoms. The van der Waals surface area contributed by atoms with Crippen LogP contribution in [0.5, 0.6) is 0 Å². The first kappa shape index (κ1) is 20.8. The number of hydrogen-bond donors (Lipinski definition) is 2. The number of carbonyl (C=O) groups excluding carboxylic acids is 1. The van der Waals surface area contributed by atoms with Crippen molar-refractivity contribution in [1.29, 1.82) is 0 Å². The van der Waals surface area contributed by atoms with Crippen LogP contribution in [0.4, 0.5) is 10.5 Å².